The van der Waals surface area contributed by atoms with Crippen molar-refractivity contribution in [1.82, 2.24) is 0 Å². The van der Waals surface area contributed by atoms with Gasteiger partial charge in [0.15, 0.2) is 8.61 Å². The largest absolute Gasteiger partial charge is 0.390 e. The van der Waals surface area contributed by atoms with Crippen LogP contribution in [0.25, 0.3) is 0 Å². The molecule has 0 heterocycles. The summed E-state index contributed by atoms with van der Waals surface area (Å²) >= 11 is 0. The summed E-state index contributed by atoms with van der Waals surface area (Å²) in [4.78, 5) is 0. The third-order valence-corrected chi connectivity index (χ3v) is 0.441. The molecule has 36 valence electrons. The van der Waals surface area contributed by atoms with E-state index in [4.69, 9.17) is 0 Å². The Morgan fingerprint density at radius 1 is 1.83 bits per heavy atom. The van der Waals surface area contributed by atoms with E-state index in [9.17, 15) is 4.57 Å². The second kappa shape index (κ2) is 8.97. The summed E-state index contributed by atoms with van der Waals surface area (Å²) < 4.78 is 12.5. The molecule has 0 amide bonds. The van der Waals surface area contributed by atoms with E-state index in [0.717, 1.165) is 6.34 Å². The molecule has 5 heteroatoms. The van der Waals surface area contributed by atoms with Crippen molar-refractivity contribution in [3.05, 3.63) is 0 Å². The van der Waals surface area contributed by atoms with Gasteiger partial charge in [0, 0.05) is 17.4 Å². The Bertz CT molecular complexity index is 55.5. The standard InChI is InChI=1S/CH5N2OP.Cr/c2-1-3-5-4;/h1H,5H2,(H2,2,3,4);. The third kappa shape index (κ3) is 8.87. The van der Waals surface area contributed by atoms with Crippen molar-refractivity contribution in [3.63, 3.8) is 0 Å². The quantitative estimate of drug-likeness (QED) is 0.310. The Kier molecular flexibility index (Phi) is 14.2. The fraction of sp³-hybridized carbons (Fsp3) is 0. The number of nitrogens with two attached hydrogens (primary N) is 1. The van der Waals surface area contributed by atoms with Gasteiger partial charge < -0.3 is 10.3 Å². The Hall–Kier alpha value is 0.232. The van der Waals surface area contributed by atoms with Gasteiger partial charge >= 0.3 is 0 Å². The Morgan fingerprint density at radius 2 is 2.33 bits per heavy atom. The smallest absolute Gasteiger partial charge is 0.168 e. The van der Waals surface area contributed by atoms with Gasteiger partial charge in [-0.25, -0.2) is 4.76 Å². The third-order valence-electron chi connectivity index (χ3n) is 0.147. The normalized spacial score (nSPS) is 10.0. The van der Waals surface area contributed by atoms with Crippen LogP contribution in [0, 0.1) is 0 Å². The van der Waals surface area contributed by atoms with Gasteiger partial charge in [-0.3, -0.25) is 0 Å². The van der Waals surface area contributed by atoms with Crippen LogP contribution in [0.15, 0.2) is 4.76 Å². The Labute approximate surface area is 48.0 Å². The van der Waals surface area contributed by atoms with Crippen LogP contribution >= 0.6 is 8.61 Å². The first kappa shape index (κ1) is 9.53. The van der Waals surface area contributed by atoms with Crippen LogP contribution in [0.2, 0.25) is 0 Å². The second-order valence-electron chi connectivity index (χ2n) is 0.404. The average Bonchev–Trinajstić information content (AvgIpc) is 1.41. The molecule has 0 saturated heterocycles. The molecule has 0 aliphatic heterocycles. The zero-order valence-electron chi connectivity index (χ0n) is 3.00. The molecule has 0 aromatic heterocycles. The van der Waals surface area contributed by atoms with Gasteiger partial charge in [0.05, 0.1) is 6.34 Å². The van der Waals surface area contributed by atoms with Gasteiger partial charge in [-0.1, -0.05) is 0 Å². The monoisotopic (exact) mass is 144 g/mol. The maximum atomic E-state index is 9.34. The van der Waals surface area contributed by atoms with E-state index in [2.05, 4.69) is 10.5 Å². The maximum absolute atomic E-state index is 9.34. The number of rotatable bonds is 1. The predicted molar refractivity (Wildman–Crippen MR) is 23.1 cm³/mol. The Balaban J connectivity index is 0. The van der Waals surface area contributed by atoms with E-state index in [0.29, 0.717) is 0 Å². The summed E-state index contributed by atoms with van der Waals surface area (Å²) in [6.45, 7) is 0. The minimum Gasteiger partial charge on any atom is -0.390 e. The predicted octanol–water partition coefficient (Wildman–Crippen LogP) is -0.358. The van der Waals surface area contributed by atoms with Crippen LogP contribution in [0.3, 0.4) is 0 Å². The topological polar surface area (TPSA) is 55.4 Å². The van der Waals surface area contributed by atoms with Crippen LogP contribution in [-0.4, -0.2) is 6.34 Å². The molecule has 1 atom stereocenters. The van der Waals surface area contributed by atoms with E-state index in [-0.39, 0.29) is 17.4 Å². The molecule has 0 aromatic carbocycles. The second-order valence-corrected chi connectivity index (χ2v) is 0.913. The number of hydrogen-bond donors (Lipinski definition) is 1. The first-order valence-corrected chi connectivity index (χ1v) is 2.07. The van der Waals surface area contributed by atoms with E-state index in [1.807, 2.05) is 0 Å². The van der Waals surface area contributed by atoms with Gasteiger partial charge in [0.25, 0.3) is 0 Å². The first-order valence-electron chi connectivity index (χ1n) is 1.09. The van der Waals surface area contributed by atoms with Crippen molar-refractivity contribution in [2.24, 2.45) is 10.5 Å². The molecule has 0 fully saturated rings. The SMILES string of the molecule is NC=N[PH2]=O.[Cr]. The molecule has 0 bridgehead atoms. The molecular formula is CH5CrN2OP. The summed E-state index contributed by atoms with van der Waals surface area (Å²) in [7, 11) is -1.02. The van der Waals surface area contributed by atoms with Gasteiger partial charge in [0.1, 0.15) is 0 Å². The zero-order valence-corrected chi connectivity index (χ0v) is 5.43. The molecule has 0 aliphatic carbocycles. The summed E-state index contributed by atoms with van der Waals surface area (Å²) in [6.07, 6.45) is 1.03. The van der Waals surface area contributed by atoms with Crippen LogP contribution in [-0.2, 0) is 21.9 Å². The van der Waals surface area contributed by atoms with Crippen molar-refractivity contribution in [2.75, 3.05) is 0 Å². The average molecular weight is 144 g/mol. The van der Waals surface area contributed by atoms with Crippen LogP contribution < -0.4 is 5.73 Å². The molecule has 0 spiro atoms. The molecule has 3 nitrogen and oxygen atoms in total. The first-order chi connectivity index (χ1) is 2.41. The number of nitrogens with zero attached hydrogens (tertiary/aromatic N) is 1. The minimum absolute atomic E-state index is 0. The molecule has 2 N–H and O–H groups in total. The van der Waals surface area contributed by atoms with E-state index >= 15 is 0 Å². The van der Waals surface area contributed by atoms with Gasteiger partial charge in [-0.2, -0.15) is 0 Å². The van der Waals surface area contributed by atoms with Gasteiger partial charge in [-0.05, 0) is 0 Å². The molecule has 0 saturated carbocycles. The van der Waals surface area contributed by atoms with Crippen LogP contribution in [0.5, 0.6) is 0 Å². The molecule has 0 rings (SSSR count). The molecule has 6 heavy (non-hydrogen) atoms. The van der Waals surface area contributed by atoms with E-state index < -0.39 is 8.61 Å². The van der Waals surface area contributed by atoms with Gasteiger partial charge in [0.2, 0.25) is 0 Å². The van der Waals surface area contributed by atoms with E-state index in [1.165, 1.54) is 0 Å². The van der Waals surface area contributed by atoms with Crippen LogP contribution in [0.4, 0.5) is 0 Å². The zero-order chi connectivity index (χ0) is 4.12. The van der Waals surface area contributed by atoms with E-state index in [1.54, 1.807) is 0 Å². The van der Waals surface area contributed by atoms with Gasteiger partial charge in [-0.15, -0.1) is 0 Å². The van der Waals surface area contributed by atoms with Crippen molar-refractivity contribution in [3.8, 4) is 0 Å². The van der Waals surface area contributed by atoms with Crippen LogP contribution in [0.1, 0.15) is 0 Å². The minimum atomic E-state index is -1.02. The summed E-state index contributed by atoms with van der Waals surface area (Å²) in [5, 5.41) is 0. The molecular weight excluding hydrogens is 139 g/mol. The van der Waals surface area contributed by atoms with Crippen molar-refractivity contribution < 1.29 is 21.9 Å². The van der Waals surface area contributed by atoms with Crippen molar-refractivity contribution in [2.45, 2.75) is 0 Å². The molecule has 0 aromatic rings. The Morgan fingerprint density at radius 3 is 2.33 bits per heavy atom. The molecule has 1 unspecified atom stereocenters. The summed E-state index contributed by atoms with van der Waals surface area (Å²) in [5.41, 5.74) is 4.67. The number of hydrogen-bond acceptors (Lipinski definition) is 1. The summed E-state index contributed by atoms with van der Waals surface area (Å²) in [6, 6.07) is 0. The molecule has 0 aliphatic rings. The molecule has 0 radical (unpaired) electrons. The van der Waals surface area contributed by atoms with Crippen molar-refractivity contribution >= 4 is 14.9 Å². The summed E-state index contributed by atoms with van der Waals surface area (Å²) in [5.74, 6) is 0. The fourth-order valence-corrected chi connectivity index (χ4v) is 0.105. The van der Waals surface area contributed by atoms with Crippen molar-refractivity contribution in [1.29, 1.82) is 0 Å². The fourth-order valence-electron chi connectivity index (χ4n) is 0.0351. The maximum Gasteiger partial charge on any atom is 0.168 e.